The minimum atomic E-state index is -0.185. The predicted molar refractivity (Wildman–Crippen MR) is 84.7 cm³/mol. The Hall–Kier alpha value is -2.73. The van der Waals surface area contributed by atoms with Crippen molar-refractivity contribution in [1.29, 1.82) is 0 Å². The van der Waals surface area contributed by atoms with Gasteiger partial charge in [-0.25, -0.2) is 4.79 Å². The first-order valence-corrected chi connectivity index (χ1v) is 6.98. The molecule has 2 amide bonds. The summed E-state index contributed by atoms with van der Waals surface area (Å²) in [5.74, 6) is 2.44. The molecule has 0 atom stereocenters. The first-order chi connectivity index (χ1) is 10.3. The smallest absolute Gasteiger partial charge is 0.326 e. The van der Waals surface area contributed by atoms with Gasteiger partial charge in [-0.1, -0.05) is 42.3 Å². The van der Waals surface area contributed by atoms with E-state index >= 15 is 0 Å². The maximum atomic E-state index is 12.6. The summed E-state index contributed by atoms with van der Waals surface area (Å²) in [5.41, 5.74) is 4.20. The van der Waals surface area contributed by atoms with Crippen molar-refractivity contribution in [3.8, 4) is 12.3 Å². The zero-order chi connectivity index (χ0) is 14.7. The molecule has 21 heavy (non-hydrogen) atoms. The summed E-state index contributed by atoms with van der Waals surface area (Å²) >= 11 is 0. The number of urea groups is 1. The van der Waals surface area contributed by atoms with Crippen molar-refractivity contribution < 1.29 is 4.79 Å². The molecule has 0 bridgehead atoms. The van der Waals surface area contributed by atoms with E-state index in [0.29, 0.717) is 0 Å². The normalized spacial score (nSPS) is 12.6. The van der Waals surface area contributed by atoms with Gasteiger partial charge in [0.15, 0.2) is 0 Å². The molecule has 3 rings (SSSR count). The van der Waals surface area contributed by atoms with Gasteiger partial charge >= 0.3 is 6.03 Å². The van der Waals surface area contributed by atoms with Crippen LogP contribution in [-0.2, 0) is 12.8 Å². The van der Waals surface area contributed by atoms with Crippen LogP contribution < -0.4 is 10.2 Å². The molecule has 1 N–H and O–H groups in total. The van der Waals surface area contributed by atoms with Gasteiger partial charge in [0.2, 0.25) is 0 Å². The number of carbonyl (C=O) groups excluding carboxylic acids is 1. The Morgan fingerprint density at radius 2 is 1.57 bits per heavy atom. The molecule has 3 heteroatoms. The van der Waals surface area contributed by atoms with Gasteiger partial charge in [-0.05, 0) is 36.1 Å². The van der Waals surface area contributed by atoms with Crippen molar-refractivity contribution in [3.63, 3.8) is 0 Å². The molecular formula is C18H16N2O. The van der Waals surface area contributed by atoms with Crippen molar-refractivity contribution in [2.24, 2.45) is 0 Å². The van der Waals surface area contributed by atoms with E-state index < -0.39 is 0 Å². The molecule has 0 radical (unpaired) electrons. The zero-order valence-electron chi connectivity index (χ0n) is 11.7. The lowest BCUT2D eigenvalue weighted by molar-refractivity contribution is 0.249. The number of hydrogen-bond acceptors (Lipinski definition) is 1. The van der Waals surface area contributed by atoms with Gasteiger partial charge in [-0.15, -0.1) is 6.42 Å². The number of para-hydroxylation sites is 2. The first kappa shape index (κ1) is 13.3. The van der Waals surface area contributed by atoms with Crippen LogP contribution in [0.25, 0.3) is 0 Å². The molecule has 0 saturated carbocycles. The average Bonchev–Trinajstić information content (AvgIpc) is 2.69. The quantitative estimate of drug-likeness (QED) is 0.797. The van der Waals surface area contributed by atoms with Crippen molar-refractivity contribution >= 4 is 17.4 Å². The number of rotatable bonds is 1. The molecule has 0 aromatic heterocycles. The standard InChI is InChI=1S/C18H16N2O/c1-2-13-19-18(21)20-16-9-5-3-7-14(16)11-12-15-8-4-6-10-17(15)20/h1,3-10H,11-13H2,(H,19,21). The van der Waals surface area contributed by atoms with Crippen LogP contribution in [0, 0.1) is 12.3 Å². The van der Waals surface area contributed by atoms with Crippen LogP contribution in [-0.4, -0.2) is 12.6 Å². The highest BCUT2D eigenvalue weighted by Gasteiger charge is 2.24. The van der Waals surface area contributed by atoms with Crippen LogP contribution >= 0.6 is 0 Å². The summed E-state index contributed by atoms with van der Waals surface area (Å²) in [7, 11) is 0. The minimum absolute atomic E-state index is 0.185. The van der Waals surface area contributed by atoms with E-state index in [2.05, 4.69) is 23.4 Å². The van der Waals surface area contributed by atoms with Crippen molar-refractivity contribution in [3.05, 3.63) is 59.7 Å². The Morgan fingerprint density at radius 3 is 2.10 bits per heavy atom. The third kappa shape index (κ3) is 2.48. The van der Waals surface area contributed by atoms with Crippen LogP contribution in [0.5, 0.6) is 0 Å². The second-order valence-electron chi connectivity index (χ2n) is 4.96. The molecule has 2 aromatic carbocycles. The van der Waals surface area contributed by atoms with Gasteiger partial charge in [0.05, 0.1) is 17.9 Å². The SMILES string of the molecule is C#CCNC(=O)N1c2ccccc2CCc2ccccc21. The second-order valence-corrected chi connectivity index (χ2v) is 4.96. The predicted octanol–water partition coefficient (Wildman–Crippen LogP) is 3.27. The molecule has 0 spiro atoms. The molecule has 2 aromatic rings. The fourth-order valence-electron chi connectivity index (χ4n) is 2.70. The summed E-state index contributed by atoms with van der Waals surface area (Å²) in [6, 6.07) is 15.8. The van der Waals surface area contributed by atoms with Crippen LogP contribution in [0.2, 0.25) is 0 Å². The number of aryl methyl sites for hydroxylation is 2. The lowest BCUT2D eigenvalue weighted by Crippen LogP contribution is -2.37. The largest absolute Gasteiger partial charge is 0.327 e. The highest BCUT2D eigenvalue weighted by Crippen LogP contribution is 2.35. The molecule has 0 unspecified atom stereocenters. The van der Waals surface area contributed by atoms with E-state index in [9.17, 15) is 4.79 Å². The Bertz CT molecular complexity index is 668. The number of benzene rings is 2. The van der Waals surface area contributed by atoms with Crippen molar-refractivity contribution in [2.75, 3.05) is 11.4 Å². The van der Waals surface area contributed by atoms with E-state index in [1.165, 1.54) is 11.1 Å². The summed E-state index contributed by atoms with van der Waals surface area (Å²) in [5, 5.41) is 2.76. The third-order valence-corrected chi connectivity index (χ3v) is 3.67. The van der Waals surface area contributed by atoms with Gasteiger partial charge in [-0.3, -0.25) is 4.90 Å². The third-order valence-electron chi connectivity index (χ3n) is 3.67. The van der Waals surface area contributed by atoms with E-state index in [1.807, 2.05) is 36.4 Å². The Labute approximate surface area is 124 Å². The van der Waals surface area contributed by atoms with Gasteiger partial charge in [0.1, 0.15) is 0 Å². The maximum Gasteiger partial charge on any atom is 0.327 e. The van der Waals surface area contributed by atoms with Crippen LogP contribution in [0.15, 0.2) is 48.5 Å². The average molecular weight is 276 g/mol. The van der Waals surface area contributed by atoms with Crippen LogP contribution in [0.4, 0.5) is 16.2 Å². The Morgan fingerprint density at radius 1 is 1.05 bits per heavy atom. The lowest BCUT2D eigenvalue weighted by Gasteiger charge is -2.24. The monoisotopic (exact) mass is 276 g/mol. The number of carbonyl (C=O) groups is 1. The summed E-state index contributed by atoms with van der Waals surface area (Å²) in [6.45, 7) is 0.222. The van der Waals surface area contributed by atoms with Gasteiger partial charge in [-0.2, -0.15) is 0 Å². The molecule has 3 nitrogen and oxygen atoms in total. The van der Waals surface area contributed by atoms with E-state index in [1.54, 1.807) is 4.90 Å². The minimum Gasteiger partial charge on any atom is -0.326 e. The number of terminal acetylenes is 1. The highest BCUT2D eigenvalue weighted by atomic mass is 16.2. The first-order valence-electron chi connectivity index (χ1n) is 6.98. The molecule has 0 aliphatic carbocycles. The van der Waals surface area contributed by atoms with E-state index in [0.717, 1.165) is 24.2 Å². The molecular weight excluding hydrogens is 260 g/mol. The molecule has 0 saturated heterocycles. The van der Waals surface area contributed by atoms with Gasteiger partial charge < -0.3 is 5.32 Å². The van der Waals surface area contributed by atoms with Gasteiger partial charge in [0.25, 0.3) is 0 Å². The molecule has 1 aliphatic heterocycles. The zero-order valence-corrected chi connectivity index (χ0v) is 11.7. The lowest BCUT2D eigenvalue weighted by atomic mass is 10.0. The summed E-state index contributed by atoms with van der Waals surface area (Å²) < 4.78 is 0. The number of amides is 2. The second kappa shape index (κ2) is 5.72. The molecule has 0 fully saturated rings. The topological polar surface area (TPSA) is 32.3 Å². The number of hydrogen-bond donors (Lipinski definition) is 1. The number of fused-ring (bicyclic) bond motifs is 2. The number of anilines is 2. The molecule has 1 heterocycles. The van der Waals surface area contributed by atoms with Crippen LogP contribution in [0.1, 0.15) is 11.1 Å². The van der Waals surface area contributed by atoms with Gasteiger partial charge in [0, 0.05) is 0 Å². The molecule has 104 valence electrons. The summed E-state index contributed by atoms with van der Waals surface area (Å²) in [4.78, 5) is 14.3. The number of nitrogens with one attached hydrogen (secondary N) is 1. The fraction of sp³-hybridized carbons (Fsp3) is 0.167. The maximum absolute atomic E-state index is 12.6. The molecule has 1 aliphatic rings. The van der Waals surface area contributed by atoms with Crippen molar-refractivity contribution in [1.82, 2.24) is 5.32 Å². The number of nitrogens with zero attached hydrogens (tertiary/aromatic N) is 1. The van der Waals surface area contributed by atoms with E-state index in [-0.39, 0.29) is 12.6 Å². The van der Waals surface area contributed by atoms with Crippen LogP contribution in [0.3, 0.4) is 0 Å². The van der Waals surface area contributed by atoms with E-state index in [4.69, 9.17) is 6.42 Å². The fourth-order valence-corrected chi connectivity index (χ4v) is 2.70. The Kier molecular flexibility index (Phi) is 3.61. The summed E-state index contributed by atoms with van der Waals surface area (Å²) in [6.07, 6.45) is 7.09. The highest BCUT2D eigenvalue weighted by molar-refractivity contribution is 6.01. The Balaban J connectivity index is 2.11. The van der Waals surface area contributed by atoms with Crippen molar-refractivity contribution in [2.45, 2.75) is 12.8 Å².